The second-order valence-corrected chi connectivity index (χ2v) is 3.66. The lowest BCUT2D eigenvalue weighted by molar-refractivity contribution is 0.166. The quantitative estimate of drug-likeness (QED) is 0.529. The second kappa shape index (κ2) is 3.52. The lowest BCUT2D eigenvalue weighted by atomic mass is 9.99. The fraction of sp³-hybridized carbons (Fsp3) is 1.00. The molecule has 0 aromatic heterocycles. The van der Waals surface area contributed by atoms with E-state index < -0.39 is 0 Å². The van der Waals surface area contributed by atoms with Crippen LogP contribution in [-0.2, 0) is 0 Å². The summed E-state index contributed by atoms with van der Waals surface area (Å²) in [5.41, 5.74) is -0.0475. The van der Waals surface area contributed by atoms with Crippen LogP contribution in [-0.4, -0.2) is 36.4 Å². The average molecular weight is 158 g/mol. The Morgan fingerprint density at radius 2 is 2.36 bits per heavy atom. The Kier molecular flexibility index (Phi) is 2.87. The highest BCUT2D eigenvalue weighted by molar-refractivity contribution is 4.95. The van der Waals surface area contributed by atoms with Crippen LogP contribution in [0.4, 0.5) is 0 Å². The first kappa shape index (κ1) is 8.97. The second-order valence-electron chi connectivity index (χ2n) is 3.66. The third kappa shape index (κ3) is 2.15. The van der Waals surface area contributed by atoms with Gasteiger partial charge in [-0.25, -0.2) is 0 Å². The highest BCUT2D eigenvalue weighted by Crippen LogP contribution is 2.14. The van der Waals surface area contributed by atoms with Crippen molar-refractivity contribution in [1.82, 2.24) is 10.6 Å². The highest BCUT2D eigenvalue weighted by Gasteiger charge is 2.32. The summed E-state index contributed by atoms with van der Waals surface area (Å²) in [7, 11) is 0. The first-order valence-corrected chi connectivity index (χ1v) is 4.28. The molecule has 0 amide bonds. The zero-order valence-electron chi connectivity index (χ0n) is 7.35. The lowest BCUT2D eigenvalue weighted by Crippen LogP contribution is -2.53. The summed E-state index contributed by atoms with van der Waals surface area (Å²) in [6, 6.07) is 0.446. The van der Waals surface area contributed by atoms with Gasteiger partial charge >= 0.3 is 0 Å². The van der Waals surface area contributed by atoms with E-state index in [4.69, 9.17) is 5.11 Å². The van der Waals surface area contributed by atoms with Gasteiger partial charge in [-0.3, -0.25) is 0 Å². The number of aliphatic hydroxyl groups is 1. The molecule has 0 bridgehead atoms. The average Bonchev–Trinajstić information content (AvgIpc) is 2.36. The largest absolute Gasteiger partial charge is 0.394 e. The molecule has 0 aromatic rings. The van der Waals surface area contributed by atoms with E-state index in [1.807, 2.05) is 0 Å². The van der Waals surface area contributed by atoms with E-state index in [1.165, 1.54) is 0 Å². The molecule has 0 saturated carbocycles. The molecule has 1 saturated heterocycles. The fourth-order valence-electron chi connectivity index (χ4n) is 1.66. The lowest BCUT2D eigenvalue weighted by Gasteiger charge is -2.29. The van der Waals surface area contributed by atoms with E-state index in [0.717, 1.165) is 19.5 Å². The molecule has 0 spiro atoms. The summed E-state index contributed by atoms with van der Waals surface area (Å²) in [5.74, 6) is 0. The Morgan fingerprint density at radius 3 is 2.73 bits per heavy atom. The van der Waals surface area contributed by atoms with Crippen LogP contribution in [0.5, 0.6) is 0 Å². The molecule has 1 aliphatic rings. The molecule has 1 heterocycles. The molecule has 0 radical (unpaired) electrons. The van der Waals surface area contributed by atoms with E-state index in [0.29, 0.717) is 6.04 Å². The van der Waals surface area contributed by atoms with Gasteiger partial charge < -0.3 is 15.7 Å². The molecule has 3 N–H and O–H groups in total. The molecule has 3 heteroatoms. The molecular weight excluding hydrogens is 140 g/mol. The monoisotopic (exact) mass is 158 g/mol. The van der Waals surface area contributed by atoms with E-state index in [1.54, 1.807) is 0 Å². The van der Waals surface area contributed by atoms with E-state index in [-0.39, 0.29) is 12.1 Å². The maximum absolute atomic E-state index is 9.16. The van der Waals surface area contributed by atoms with Crippen LogP contribution in [0, 0.1) is 0 Å². The van der Waals surface area contributed by atoms with Gasteiger partial charge in [-0.05, 0) is 13.0 Å². The van der Waals surface area contributed by atoms with Gasteiger partial charge in [0.05, 0.1) is 12.1 Å². The molecule has 1 atom stereocenters. The van der Waals surface area contributed by atoms with Crippen molar-refractivity contribution in [3.05, 3.63) is 0 Å². The van der Waals surface area contributed by atoms with Gasteiger partial charge in [-0.2, -0.15) is 0 Å². The number of aliphatic hydroxyl groups excluding tert-OH is 1. The van der Waals surface area contributed by atoms with Crippen molar-refractivity contribution < 1.29 is 5.11 Å². The number of hydrogen-bond donors (Lipinski definition) is 3. The minimum Gasteiger partial charge on any atom is -0.394 e. The first-order chi connectivity index (χ1) is 5.18. The van der Waals surface area contributed by atoms with Gasteiger partial charge in [0, 0.05) is 12.6 Å². The summed E-state index contributed by atoms with van der Waals surface area (Å²) in [6.45, 7) is 6.35. The van der Waals surface area contributed by atoms with Crippen molar-refractivity contribution >= 4 is 0 Å². The van der Waals surface area contributed by atoms with Crippen molar-refractivity contribution in [3.63, 3.8) is 0 Å². The van der Waals surface area contributed by atoms with E-state index >= 15 is 0 Å². The smallest absolute Gasteiger partial charge is 0.0626 e. The van der Waals surface area contributed by atoms with Crippen LogP contribution in [0.25, 0.3) is 0 Å². The molecule has 0 aromatic carbocycles. The molecule has 11 heavy (non-hydrogen) atoms. The summed E-state index contributed by atoms with van der Waals surface area (Å²) in [6.07, 6.45) is 1.03. The molecule has 1 fully saturated rings. The summed E-state index contributed by atoms with van der Waals surface area (Å²) < 4.78 is 0. The molecule has 1 rings (SSSR count). The highest BCUT2D eigenvalue weighted by atomic mass is 16.3. The third-order valence-corrected chi connectivity index (χ3v) is 2.14. The van der Waals surface area contributed by atoms with E-state index in [9.17, 15) is 0 Å². The molecule has 66 valence electrons. The maximum Gasteiger partial charge on any atom is 0.0626 e. The fourth-order valence-corrected chi connectivity index (χ4v) is 1.66. The predicted molar refractivity (Wildman–Crippen MR) is 45.6 cm³/mol. The summed E-state index contributed by atoms with van der Waals surface area (Å²) in [4.78, 5) is 0. The van der Waals surface area contributed by atoms with Crippen LogP contribution in [0.1, 0.15) is 20.3 Å². The number of hydrogen-bond acceptors (Lipinski definition) is 3. The third-order valence-electron chi connectivity index (χ3n) is 2.14. The van der Waals surface area contributed by atoms with Crippen LogP contribution in [0.3, 0.4) is 0 Å². The predicted octanol–water partition coefficient (Wildman–Crippen LogP) is -0.291. The minimum atomic E-state index is -0.0475. The standard InChI is InChI=1S/C8H18N2O/c1-7(2)10-8(6-11)3-4-9-5-8/h7,9-11H,3-6H2,1-2H3. The Hall–Kier alpha value is -0.120. The van der Waals surface area contributed by atoms with Crippen molar-refractivity contribution in [1.29, 1.82) is 0 Å². The molecule has 1 unspecified atom stereocenters. The molecule has 3 nitrogen and oxygen atoms in total. The Morgan fingerprint density at radius 1 is 1.64 bits per heavy atom. The molecule has 0 aliphatic carbocycles. The van der Waals surface area contributed by atoms with Gasteiger partial charge in [0.15, 0.2) is 0 Å². The van der Waals surface area contributed by atoms with Crippen molar-refractivity contribution in [2.45, 2.75) is 31.8 Å². The van der Waals surface area contributed by atoms with Gasteiger partial charge in [0.25, 0.3) is 0 Å². The van der Waals surface area contributed by atoms with Gasteiger partial charge in [0.2, 0.25) is 0 Å². The van der Waals surface area contributed by atoms with Gasteiger partial charge in [-0.15, -0.1) is 0 Å². The molecular formula is C8H18N2O. The van der Waals surface area contributed by atoms with Crippen molar-refractivity contribution in [3.8, 4) is 0 Å². The zero-order chi connectivity index (χ0) is 8.32. The van der Waals surface area contributed by atoms with Crippen LogP contribution in [0.2, 0.25) is 0 Å². The van der Waals surface area contributed by atoms with Crippen LogP contribution < -0.4 is 10.6 Å². The SMILES string of the molecule is CC(C)NC1(CO)CCNC1. The minimum absolute atomic E-state index is 0.0475. The number of rotatable bonds is 3. The first-order valence-electron chi connectivity index (χ1n) is 4.28. The summed E-state index contributed by atoms with van der Waals surface area (Å²) in [5, 5.41) is 15.8. The molecule has 1 aliphatic heterocycles. The Bertz CT molecular complexity index is 119. The topological polar surface area (TPSA) is 44.3 Å². The van der Waals surface area contributed by atoms with Gasteiger partial charge in [-0.1, -0.05) is 13.8 Å². The zero-order valence-corrected chi connectivity index (χ0v) is 7.35. The Balaban J connectivity index is 2.45. The van der Waals surface area contributed by atoms with Crippen LogP contribution in [0.15, 0.2) is 0 Å². The van der Waals surface area contributed by atoms with E-state index in [2.05, 4.69) is 24.5 Å². The van der Waals surface area contributed by atoms with Crippen molar-refractivity contribution in [2.24, 2.45) is 0 Å². The van der Waals surface area contributed by atoms with Crippen molar-refractivity contribution in [2.75, 3.05) is 19.7 Å². The Labute approximate surface area is 68.2 Å². The van der Waals surface area contributed by atoms with Crippen LogP contribution >= 0.6 is 0 Å². The maximum atomic E-state index is 9.16. The normalized spacial score (nSPS) is 31.6. The number of nitrogens with one attached hydrogen (secondary N) is 2. The summed E-state index contributed by atoms with van der Waals surface area (Å²) >= 11 is 0. The van der Waals surface area contributed by atoms with Gasteiger partial charge in [0.1, 0.15) is 0 Å².